The number of halogens is 3. The molecular formula is C17H14ClF2N5OS. The SMILES string of the molecule is C[C@H](NC(=O)CSc1nnnn1-c1cccc(Cl)c1)c1ccc(F)cc1F. The van der Waals surface area contributed by atoms with Gasteiger partial charge in [-0.2, -0.15) is 4.68 Å². The summed E-state index contributed by atoms with van der Waals surface area (Å²) in [6.45, 7) is 1.62. The minimum absolute atomic E-state index is 0.0219. The van der Waals surface area contributed by atoms with E-state index in [9.17, 15) is 13.6 Å². The average molecular weight is 410 g/mol. The first-order valence-electron chi connectivity index (χ1n) is 7.85. The van der Waals surface area contributed by atoms with Crippen LogP contribution in [0.25, 0.3) is 5.69 Å². The van der Waals surface area contributed by atoms with Gasteiger partial charge in [0.25, 0.3) is 0 Å². The molecule has 0 spiro atoms. The van der Waals surface area contributed by atoms with Gasteiger partial charge >= 0.3 is 0 Å². The number of carbonyl (C=O) groups excluding carboxylic acids is 1. The van der Waals surface area contributed by atoms with Crippen LogP contribution in [0.15, 0.2) is 47.6 Å². The summed E-state index contributed by atoms with van der Waals surface area (Å²) in [5.74, 6) is -1.69. The Morgan fingerprint density at radius 2 is 2.11 bits per heavy atom. The lowest BCUT2D eigenvalue weighted by molar-refractivity contribution is -0.119. The fourth-order valence-electron chi connectivity index (χ4n) is 2.38. The molecule has 6 nitrogen and oxygen atoms in total. The van der Waals surface area contributed by atoms with Gasteiger partial charge in [0.15, 0.2) is 0 Å². The first-order valence-corrected chi connectivity index (χ1v) is 9.22. The number of hydrogen-bond acceptors (Lipinski definition) is 5. The summed E-state index contributed by atoms with van der Waals surface area (Å²) in [6, 6.07) is 9.60. The minimum Gasteiger partial charge on any atom is -0.349 e. The number of nitrogens with zero attached hydrogens (tertiary/aromatic N) is 4. The van der Waals surface area contributed by atoms with E-state index in [0.717, 1.165) is 23.9 Å². The highest BCUT2D eigenvalue weighted by Crippen LogP contribution is 2.21. The van der Waals surface area contributed by atoms with E-state index in [1.807, 2.05) is 0 Å². The Labute approximate surface area is 162 Å². The molecule has 0 fully saturated rings. The second kappa shape index (κ2) is 8.45. The van der Waals surface area contributed by atoms with Crippen molar-refractivity contribution in [1.29, 1.82) is 0 Å². The topological polar surface area (TPSA) is 72.7 Å². The smallest absolute Gasteiger partial charge is 0.230 e. The molecule has 0 saturated carbocycles. The van der Waals surface area contributed by atoms with E-state index < -0.39 is 17.7 Å². The monoisotopic (exact) mass is 409 g/mol. The molecule has 0 aliphatic rings. The lowest BCUT2D eigenvalue weighted by Gasteiger charge is -2.15. The molecule has 1 atom stereocenters. The molecule has 0 bridgehead atoms. The van der Waals surface area contributed by atoms with E-state index in [1.54, 1.807) is 31.2 Å². The van der Waals surface area contributed by atoms with Crippen molar-refractivity contribution in [3.8, 4) is 5.69 Å². The number of benzene rings is 2. The number of aromatic nitrogens is 4. The van der Waals surface area contributed by atoms with E-state index in [-0.39, 0.29) is 17.2 Å². The lowest BCUT2D eigenvalue weighted by atomic mass is 10.1. The fourth-order valence-corrected chi connectivity index (χ4v) is 3.27. The Balaban J connectivity index is 1.62. The van der Waals surface area contributed by atoms with Gasteiger partial charge in [0.05, 0.1) is 17.5 Å². The summed E-state index contributed by atoms with van der Waals surface area (Å²) < 4.78 is 28.3. The van der Waals surface area contributed by atoms with Crippen LogP contribution in [0, 0.1) is 11.6 Å². The van der Waals surface area contributed by atoms with Gasteiger partial charge in [-0.15, -0.1) is 5.10 Å². The van der Waals surface area contributed by atoms with Crippen LogP contribution in [0.3, 0.4) is 0 Å². The molecule has 3 aromatic rings. The minimum atomic E-state index is -0.708. The number of thioether (sulfide) groups is 1. The van der Waals surface area contributed by atoms with Crippen molar-refractivity contribution in [2.75, 3.05) is 5.75 Å². The molecule has 27 heavy (non-hydrogen) atoms. The van der Waals surface area contributed by atoms with Gasteiger partial charge in [-0.25, -0.2) is 8.78 Å². The third-order valence-corrected chi connectivity index (χ3v) is 4.79. The summed E-state index contributed by atoms with van der Waals surface area (Å²) in [6.07, 6.45) is 0. The molecule has 0 aliphatic carbocycles. The van der Waals surface area contributed by atoms with Crippen molar-refractivity contribution in [3.05, 3.63) is 64.7 Å². The van der Waals surface area contributed by atoms with Crippen molar-refractivity contribution in [1.82, 2.24) is 25.5 Å². The van der Waals surface area contributed by atoms with Crippen molar-refractivity contribution in [2.24, 2.45) is 0 Å². The van der Waals surface area contributed by atoms with Gasteiger partial charge in [0.1, 0.15) is 11.6 Å². The molecule has 0 aliphatic heterocycles. The van der Waals surface area contributed by atoms with Crippen LogP contribution in [0.2, 0.25) is 5.02 Å². The second-order valence-corrected chi connectivity index (χ2v) is 6.98. The van der Waals surface area contributed by atoms with Crippen LogP contribution < -0.4 is 5.32 Å². The zero-order valence-electron chi connectivity index (χ0n) is 14.1. The van der Waals surface area contributed by atoms with Gasteiger partial charge in [0, 0.05) is 16.7 Å². The highest BCUT2D eigenvalue weighted by Gasteiger charge is 2.16. The predicted molar refractivity (Wildman–Crippen MR) is 97.8 cm³/mol. The third-order valence-electron chi connectivity index (χ3n) is 3.63. The zero-order valence-corrected chi connectivity index (χ0v) is 15.6. The first kappa shape index (κ1) is 19.2. The second-order valence-electron chi connectivity index (χ2n) is 5.60. The molecule has 0 saturated heterocycles. The summed E-state index contributed by atoms with van der Waals surface area (Å²) in [5, 5.41) is 15.0. The van der Waals surface area contributed by atoms with Gasteiger partial charge in [-0.1, -0.05) is 35.5 Å². The van der Waals surface area contributed by atoms with Crippen LogP contribution in [0.1, 0.15) is 18.5 Å². The molecule has 0 radical (unpaired) electrons. The maximum atomic E-state index is 13.8. The molecule has 1 aromatic heterocycles. The summed E-state index contributed by atoms with van der Waals surface area (Å²) in [7, 11) is 0. The Kier molecular flexibility index (Phi) is 6.02. The van der Waals surface area contributed by atoms with Crippen LogP contribution >= 0.6 is 23.4 Å². The average Bonchev–Trinajstić information content (AvgIpc) is 3.08. The van der Waals surface area contributed by atoms with E-state index >= 15 is 0 Å². The van der Waals surface area contributed by atoms with Gasteiger partial charge in [-0.3, -0.25) is 4.79 Å². The molecule has 2 aromatic carbocycles. The van der Waals surface area contributed by atoms with E-state index in [1.165, 1.54) is 10.7 Å². The van der Waals surface area contributed by atoms with E-state index in [0.29, 0.717) is 15.9 Å². The van der Waals surface area contributed by atoms with Crippen LogP contribution in [0.5, 0.6) is 0 Å². The van der Waals surface area contributed by atoms with Crippen molar-refractivity contribution in [3.63, 3.8) is 0 Å². The van der Waals surface area contributed by atoms with Crippen LogP contribution in [0.4, 0.5) is 8.78 Å². The Hall–Kier alpha value is -2.52. The molecule has 10 heteroatoms. The van der Waals surface area contributed by atoms with Crippen LogP contribution in [-0.4, -0.2) is 31.9 Å². The van der Waals surface area contributed by atoms with E-state index in [4.69, 9.17) is 11.6 Å². The van der Waals surface area contributed by atoms with Gasteiger partial charge < -0.3 is 5.32 Å². The highest BCUT2D eigenvalue weighted by atomic mass is 35.5. The Morgan fingerprint density at radius 1 is 1.30 bits per heavy atom. The van der Waals surface area contributed by atoms with Crippen molar-refractivity contribution >= 4 is 29.3 Å². The summed E-state index contributed by atoms with van der Waals surface area (Å²) >= 11 is 7.10. The maximum Gasteiger partial charge on any atom is 0.230 e. The molecule has 3 rings (SSSR count). The lowest BCUT2D eigenvalue weighted by Crippen LogP contribution is -2.28. The Bertz CT molecular complexity index is 968. The van der Waals surface area contributed by atoms with Gasteiger partial charge in [0.2, 0.25) is 11.1 Å². The molecule has 1 amide bonds. The van der Waals surface area contributed by atoms with Crippen LogP contribution in [-0.2, 0) is 4.79 Å². The standard InChI is InChI=1S/C17H14ClF2N5OS/c1-10(14-6-5-12(19)8-15(14)20)21-16(26)9-27-17-22-23-24-25(17)13-4-2-3-11(18)7-13/h2-8,10H,9H2,1H3,(H,21,26)/t10-/m0/s1. The molecular weight excluding hydrogens is 396 g/mol. The quantitative estimate of drug-likeness (QED) is 0.630. The number of amides is 1. The number of hydrogen-bond donors (Lipinski definition) is 1. The maximum absolute atomic E-state index is 13.8. The Morgan fingerprint density at radius 3 is 2.85 bits per heavy atom. The normalized spacial score (nSPS) is 12.0. The largest absolute Gasteiger partial charge is 0.349 e. The number of rotatable bonds is 6. The molecule has 1 N–H and O–H groups in total. The third kappa shape index (κ3) is 4.81. The fraction of sp³-hybridized carbons (Fsp3) is 0.176. The zero-order chi connectivity index (χ0) is 19.4. The number of nitrogens with one attached hydrogen (secondary N) is 1. The molecule has 140 valence electrons. The highest BCUT2D eigenvalue weighted by molar-refractivity contribution is 7.99. The molecule has 0 unspecified atom stereocenters. The number of tetrazole rings is 1. The summed E-state index contributed by atoms with van der Waals surface area (Å²) in [5.41, 5.74) is 0.871. The predicted octanol–water partition coefficient (Wildman–Crippen LogP) is 3.56. The van der Waals surface area contributed by atoms with Crippen molar-refractivity contribution < 1.29 is 13.6 Å². The van der Waals surface area contributed by atoms with Gasteiger partial charge in [-0.05, 0) is 41.6 Å². The first-order chi connectivity index (χ1) is 12.9. The molecule has 1 heterocycles. The van der Waals surface area contributed by atoms with E-state index in [2.05, 4.69) is 20.8 Å². The number of carbonyl (C=O) groups is 1. The van der Waals surface area contributed by atoms with Crippen molar-refractivity contribution in [2.45, 2.75) is 18.1 Å². The summed E-state index contributed by atoms with van der Waals surface area (Å²) in [4.78, 5) is 12.2.